The van der Waals surface area contributed by atoms with Crippen molar-refractivity contribution in [1.29, 1.82) is 0 Å². The van der Waals surface area contributed by atoms with Crippen LogP contribution in [0.25, 0.3) is 6.08 Å². The molecule has 1 aromatic rings. The van der Waals surface area contributed by atoms with Gasteiger partial charge in [-0.05, 0) is 11.6 Å². The average Bonchev–Trinajstić information content (AvgIpc) is 2.25. The van der Waals surface area contributed by atoms with Gasteiger partial charge < -0.3 is 10.1 Å². The summed E-state index contributed by atoms with van der Waals surface area (Å²) in [6, 6.07) is 3.69. The molecular formula is C11H14N2O2. The van der Waals surface area contributed by atoms with Gasteiger partial charge in [-0.1, -0.05) is 12.2 Å². The fraction of sp³-hybridized carbons (Fsp3) is 0.273. The predicted molar refractivity (Wildman–Crippen MR) is 58.5 cm³/mol. The molecule has 0 saturated carbocycles. The highest BCUT2D eigenvalue weighted by Crippen LogP contribution is 2.07. The number of nitrogens with one attached hydrogen (secondary N) is 1. The molecule has 0 aliphatic heterocycles. The first-order valence-corrected chi connectivity index (χ1v) is 4.63. The zero-order valence-electron chi connectivity index (χ0n) is 8.86. The quantitative estimate of drug-likeness (QED) is 0.806. The number of aromatic nitrogens is 1. The van der Waals surface area contributed by atoms with Crippen LogP contribution in [0.5, 0.6) is 5.88 Å². The zero-order valence-corrected chi connectivity index (χ0v) is 8.86. The highest BCUT2D eigenvalue weighted by Gasteiger charge is 1.91. The molecule has 0 saturated heterocycles. The maximum absolute atomic E-state index is 10.6. The van der Waals surface area contributed by atoms with Crippen molar-refractivity contribution in [2.24, 2.45) is 0 Å². The third-order valence-electron chi connectivity index (χ3n) is 1.75. The van der Waals surface area contributed by atoms with Crippen molar-refractivity contribution in [1.82, 2.24) is 10.3 Å². The number of carbonyl (C=O) groups is 1. The third-order valence-corrected chi connectivity index (χ3v) is 1.75. The molecule has 0 aromatic carbocycles. The molecule has 0 spiro atoms. The first-order chi connectivity index (χ1) is 7.22. The summed E-state index contributed by atoms with van der Waals surface area (Å²) in [6.07, 6.45) is 5.47. The largest absolute Gasteiger partial charge is 0.481 e. The van der Waals surface area contributed by atoms with Gasteiger partial charge in [-0.25, -0.2) is 4.98 Å². The Morgan fingerprint density at radius 3 is 2.93 bits per heavy atom. The van der Waals surface area contributed by atoms with Gasteiger partial charge in [0.15, 0.2) is 0 Å². The average molecular weight is 206 g/mol. The molecule has 15 heavy (non-hydrogen) atoms. The maximum atomic E-state index is 10.6. The number of nitrogens with zero attached hydrogens (tertiary/aromatic N) is 1. The number of pyridine rings is 1. The first kappa shape index (κ1) is 11.2. The van der Waals surface area contributed by atoms with Gasteiger partial charge in [-0.3, -0.25) is 4.79 Å². The van der Waals surface area contributed by atoms with Crippen LogP contribution < -0.4 is 10.1 Å². The molecule has 1 rings (SSSR count). The molecule has 1 amide bonds. The monoisotopic (exact) mass is 206 g/mol. The van der Waals surface area contributed by atoms with Crippen LogP contribution in [0, 0.1) is 0 Å². The van der Waals surface area contributed by atoms with Crippen LogP contribution in [0.4, 0.5) is 0 Å². The van der Waals surface area contributed by atoms with E-state index in [9.17, 15) is 4.79 Å². The van der Waals surface area contributed by atoms with E-state index in [0.717, 1.165) is 5.56 Å². The van der Waals surface area contributed by atoms with Gasteiger partial charge in [0.1, 0.15) is 0 Å². The number of ether oxygens (including phenoxy) is 1. The molecule has 1 aromatic heterocycles. The van der Waals surface area contributed by atoms with Crippen molar-refractivity contribution in [3.8, 4) is 5.88 Å². The minimum Gasteiger partial charge on any atom is -0.481 e. The highest BCUT2D eigenvalue weighted by atomic mass is 16.5. The van der Waals surface area contributed by atoms with E-state index in [4.69, 9.17) is 4.74 Å². The maximum Gasteiger partial charge on any atom is 0.217 e. The van der Waals surface area contributed by atoms with E-state index in [2.05, 4.69) is 10.3 Å². The van der Waals surface area contributed by atoms with Crippen LogP contribution in [0.15, 0.2) is 24.4 Å². The number of amides is 1. The third kappa shape index (κ3) is 4.26. The normalized spacial score (nSPS) is 10.3. The Hall–Kier alpha value is -1.84. The summed E-state index contributed by atoms with van der Waals surface area (Å²) in [4.78, 5) is 14.6. The van der Waals surface area contributed by atoms with Crippen molar-refractivity contribution >= 4 is 12.0 Å². The summed E-state index contributed by atoms with van der Waals surface area (Å²) >= 11 is 0. The van der Waals surface area contributed by atoms with Gasteiger partial charge in [0.25, 0.3) is 0 Å². The second-order valence-corrected chi connectivity index (χ2v) is 2.97. The molecular weight excluding hydrogens is 192 g/mol. The van der Waals surface area contributed by atoms with Crippen molar-refractivity contribution in [2.75, 3.05) is 13.7 Å². The summed E-state index contributed by atoms with van der Waals surface area (Å²) in [5.41, 5.74) is 0.973. The topological polar surface area (TPSA) is 51.2 Å². The lowest BCUT2D eigenvalue weighted by Crippen LogP contribution is -2.19. The van der Waals surface area contributed by atoms with Crippen molar-refractivity contribution < 1.29 is 9.53 Å². The standard InChI is InChI=1S/C11H14N2O2/c1-9(14)12-7-3-4-10-5-6-11(15-2)13-8-10/h3-6,8H,7H2,1-2H3,(H,12,14). The van der Waals surface area contributed by atoms with E-state index in [1.54, 1.807) is 19.4 Å². The molecule has 1 N–H and O–H groups in total. The van der Waals surface area contributed by atoms with Gasteiger partial charge in [-0.15, -0.1) is 0 Å². The summed E-state index contributed by atoms with van der Waals surface area (Å²) in [6.45, 7) is 2.02. The molecule has 0 radical (unpaired) electrons. The van der Waals surface area contributed by atoms with E-state index in [-0.39, 0.29) is 5.91 Å². The van der Waals surface area contributed by atoms with Crippen LogP contribution in [-0.4, -0.2) is 24.5 Å². The number of hydrogen-bond donors (Lipinski definition) is 1. The highest BCUT2D eigenvalue weighted by molar-refractivity contribution is 5.73. The summed E-state index contributed by atoms with van der Waals surface area (Å²) < 4.78 is 4.93. The lowest BCUT2D eigenvalue weighted by Gasteiger charge is -1.98. The number of hydrogen-bond acceptors (Lipinski definition) is 3. The van der Waals surface area contributed by atoms with Gasteiger partial charge in [0.05, 0.1) is 7.11 Å². The Balaban J connectivity index is 2.46. The van der Waals surface area contributed by atoms with Crippen LogP contribution in [0.2, 0.25) is 0 Å². The zero-order chi connectivity index (χ0) is 11.1. The van der Waals surface area contributed by atoms with Gasteiger partial charge in [0.2, 0.25) is 11.8 Å². The Morgan fingerprint density at radius 2 is 2.40 bits per heavy atom. The Morgan fingerprint density at radius 1 is 1.60 bits per heavy atom. The molecule has 0 atom stereocenters. The molecule has 0 fully saturated rings. The smallest absolute Gasteiger partial charge is 0.217 e. The summed E-state index contributed by atoms with van der Waals surface area (Å²) in [7, 11) is 1.58. The number of methoxy groups -OCH3 is 1. The van der Waals surface area contributed by atoms with E-state index < -0.39 is 0 Å². The lowest BCUT2D eigenvalue weighted by atomic mass is 10.2. The number of rotatable bonds is 4. The minimum atomic E-state index is -0.0347. The van der Waals surface area contributed by atoms with Gasteiger partial charge in [0, 0.05) is 25.7 Å². The molecule has 1 heterocycles. The Bertz CT molecular complexity index is 344. The number of carbonyl (C=O) groups excluding carboxylic acids is 1. The minimum absolute atomic E-state index is 0.0347. The molecule has 0 aliphatic rings. The fourth-order valence-corrected chi connectivity index (χ4v) is 1.01. The van der Waals surface area contributed by atoms with Crippen LogP contribution in [-0.2, 0) is 4.79 Å². The molecule has 0 unspecified atom stereocenters. The first-order valence-electron chi connectivity index (χ1n) is 4.63. The van der Waals surface area contributed by atoms with E-state index in [0.29, 0.717) is 12.4 Å². The molecule has 4 heteroatoms. The summed E-state index contributed by atoms with van der Waals surface area (Å²) in [5.74, 6) is 0.557. The second-order valence-electron chi connectivity index (χ2n) is 2.97. The van der Waals surface area contributed by atoms with Crippen molar-refractivity contribution in [3.63, 3.8) is 0 Å². The van der Waals surface area contributed by atoms with Crippen LogP contribution in [0.1, 0.15) is 12.5 Å². The molecule has 0 aliphatic carbocycles. The Kier molecular flexibility index (Phi) is 4.34. The fourth-order valence-electron chi connectivity index (χ4n) is 1.01. The van der Waals surface area contributed by atoms with E-state index in [1.165, 1.54) is 6.92 Å². The van der Waals surface area contributed by atoms with Crippen molar-refractivity contribution in [2.45, 2.75) is 6.92 Å². The second kappa shape index (κ2) is 5.80. The van der Waals surface area contributed by atoms with Crippen LogP contribution >= 0.6 is 0 Å². The molecule has 80 valence electrons. The van der Waals surface area contributed by atoms with Crippen LogP contribution in [0.3, 0.4) is 0 Å². The van der Waals surface area contributed by atoms with Gasteiger partial charge >= 0.3 is 0 Å². The SMILES string of the molecule is COc1ccc(C=CCNC(C)=O)cn1. The summed E-state index contributed by atoms with van der Waals surface area (Å²) in [5, 5.41) is 2.67. The molecule has 0 bridgehead atoms. The predicted octanol–water partition coefficient (Wildman–Crippen LogP) is 1.24. The Labute approximate surface area is 89.0 Å². The molecule has 4 nitrogen and oxygen atoms in total. The lowest BCUT2D eigenvalue weighted by molar-refractivity contribution is -0.118. The van der Waals surface area contributed by atoms with E-state index in [1.807, 2.05) is 18.2 Å². The van der Waals surface area contributed by atoms with Crippen molar-refractivity contribution in [3.05, 3.63) is 30.0 Å². The van der Waals surface area contributed by atoms with Gasteiger partial charge in [-0.2, -0.15) is 0 Å². The van der Waals surface area contributed by atoms with E-state index >= 15 is 0 Å².